The van der Waals surface area contributed by atoms with Crippen molar-refractivity contribution in [3.05, 3.63) is 28.5 Å². The number of ketones is 1. The van der Waals surface area contributed by atoms with Gasteiger partial charge in [0.1, 0.15) is 5.60 Å². The maximum atomic E-state index is 11.9. The third kappa shape index (κ3) is 4.36. The Hall–Kier alpha value is -1.59. The van der Waals surface area contributed by atoms with Crippen molar-refractivity contribution in [3.8, 4) is 11.8 Å². The molecule has 6 atom stereocenters. The van der Waals surface area contributed by atoms with Crippen LogP contribution in [0.3, 0.4) is 0 Å². The van der Waals surface area contributed by atoms with Gasteiger partial charge in [-0.15, -0.1) is 5.73 Å². The van der Waals surface area contributed by atoms with E-state index < -0.39 is 11.2 Å². The molecular weight excluding hydrogens is 384 g/mol. The van der Waals surface area contributed by atoms with Crippen LogP contribution in [0.4, 0.5) is 0 Å². The molecule has 0 aromatic heterocycles. The largest absolute Gasteiger partial charge is 0.385 e. The molecule has 0 aromatic carbocycles. The van der Waals surface area contributed by atoms with E-state index in [2.05, 4.69) is 24.5 Å². The van der Waals surface area contributed by atoms with Gasteiger partial charge in [0.2, 0.25) is 0 Å². The zero-order chi connectivity index (χ0) is 22.6. The van der Waals surface area contributed by atoms with Crippen molar-refractivity contribution in [2.75, 3.05) is 0 Å². The summed E-state index contributed by atoms with van der Waals surface area (Å²) in [5, 5.41) is 21.6. The van der Waals surface area contributed by atoms with Crippen LogP contribution >= 0.6 is 0 Å². The topological polar surface area (TPSA) is 57.5 Å². The van der Waals surface area contributed by atoms with Crippen LogP contribution < -0.4 is 0 Å². The Morgan fingerprint density at radius 2 is 1.90 bits per heavy atom. The minimum absolute atomic E-state index is 0.146. The maximum Gasteiger partial charge on any atom is 0.155 e. The monoisotopic (exact) mass is 422 g/mol. The van der Waals surface area contributed by atoms with Gasteiger partial charge in [0, 0.05) is 17.6 Å². The molecule has 0 saturated heterocycles. The molecule has 168 valence electrons. The van der Waals surface area contributed by atoms with Crippen molar-refractivity contribution in [2.45, 2.75) is 97.2 Å². The fourth-order valence-corrected chi connectivity index (χ4v) is 7.07. The molecule has 0 aliphatic heterocycles. The first kappa shape index (κ1) is 22.6. The Morgan fingerprint density at radius 1 is 1.16 bits per heavy atom. The van der Waals surface area contributed by atoms with Gasteiger partial charge in [-0.25, -0.2) is 0 Å². The average Bonchev–Trinajstić information content (AvgIpc) is 2.96. The van der Waals surface area contributed by atoms with Crippen LogP contribution in [-0.4, -0.2) is 27.2 Å². The molecule has 0 bridgehead atoms. The van der Waals surface area contributed by atoms with E-state index >= 15 is 0 Å². The normalized spacial score (nSPS) is 39.2. The Labute approximate surface area is 187 Å². The summed E-state index contributed by atoms with van der Waals surface area (Å²) in [7, 11) is 0. The Bertz CT molecular complexity index is 930. The van der Waals surface area contributed by atoms with Crippen LogP contribution in [0.25, 0.3) is 0 Å². The number of rotatable bonds is 1. The van der Waals surface area contributed by atoms with E-state index in [1.807, 2.05) is 19.9 Å². The SMILES string of the molecule is CC(=C=C(C)C(C)(C)O)C#C[C@]1(O)C[C@H]2[C@H]3CCC4=CC(=O)CC[C@@H]4[C@H]3CC[C@]2(C)C1. The quantitative estimate of drug-likeness (QED) is 0.455. The van der Waals surface area contributed by atoms with Crippen molar-refractivity contribution >= 4 is 5.78 Å². The van der Waals surface area contributed by atoms with E-state index in [1.54, 1.807) is 13.8 Å². The molecule has 4 aliphatic carbocycles. The van der Waals surface area contributed by atoms with E-state index in [9.17, 15) is 15.0 Å². The lowest BCUT2D eigenvalue weighted by molar-refractivity contribution is -0.116. The first-order chi connectivity index (χ1) is 14.4. The lowest BCUT2D eigenvalue weighted by Gasteiger charge is -2.52. The fraction of sp³-hybridized carbons (Fsp3) is 0.714. The van der Waals surface area contributed by atoms with Crippen LogP contribution in [0.1, 0.15) is 86.0 Å². The van der Waals surface area contributed by atoms with E-state index in [0.717, 1.165) is 49.7 Å². The number of aliphatic hydroxyl groups is 2. The molecule has 31 heavy (non-hydrogen) atoms. The van der Waals surface area contributed by atoms with Crippen molar-refractivity contribution in [1.82, 2.24) is 0 Å². The molecule has 2 N–H and O–H groups in total. The second-order valence-electron chi connectivity index (χ2n) is 11.6. The highest BCUT2D eigenvalue weighted by atomic mass is 16.3. The third-order valence-corrected chi connectivity index (χ3v) is 8.85. The Kier molecular flexibility index (Phi) is 5.66. The predicted molar refractivity (Wildman–Crippen MR) is 123 cm³/mol. The van der Waals surface area contributed by atoms with Crippen molar-refractivity contribution in [2.24, 2.45) is 29.1 Å². The number of fused-ring (bicyclic) bond motifs is 5. The lowest BCUT2D eigenvalue weighted by Crippen LogP contribution is -2.44. The summed E-state index contributed by atoms with van der Waals surface area (Å²) < 4.78 is 0. The van der Waals surface area contributed by atoms with Gasteiger partial charge in [-0.05, 0) is 108 Å². The molecule has 0 unspecified atom stereocenters. The smallest absolute Gasteiger partial charge is 0.155 e. The van der Waals surface area contributed by atoms with Gasteiger partial charge >= 0.3 is 0 Å². The van der Waals surface area contributed by atoms with Gasteiger partial charge in [0.25, 0.3) is 0 Å². The Morgan fingerprint density at radius 3 is 2.61 bits per heavy atom. The summed E-state index contributed by atoms with van der Waals surface area (Å²) in [6.45, 7) is 9.61. The fourth-order valence-electron chi connectivity index (χ4n) is 7.07. The summed E-state index contributed by atoms with van der Waals surface area (Å²) >= 11 is 0. The molecular formula is C28H38O3. The van der Waals surface area contributed by atoms with Crippen molar-refractivity contribution < 1.29 is 15.0 Å². The molecule has 0 radical (unpaired) electrons. The van der Waals surface area contributed by atoms with Gasteiger partial charge in [-0.3, -0.25) is 4.79 Å². The molecule has 4 rings (SSSR count). The van der Waals surface area contributed by atoms with E-state index in [1.165, 1.54) is 12.0 Å². The van der Waals surface area contributed by atoms with Gasteiger partial charge < -0.3 is 10.2 Å². The van der Waals surface area contributed by atoms with Gasteiger partial charge in [-0.1, -0.05) is 24.3 Å². The first-order valence-corrected chi connectivity index (χ1v) is 12.1. The molecule has 4 aliphatic rings. The van der Waals surface area contributed by atoms with E-state index in [4.69, 9.17) is 0 Å². The minimum Gasteiger partial charge on any atom is -0.385 e. The molecule has 3 saturated carbocycles. The maximum absolute atomic E-state index is 11.9. The zero-order valence-electron chi connectivity index (χ0n) is 19.8. The third-order valence-electron chi connectivity index (χ3n) is 8.85. The summed E-state index contributed by atoms with van der Waals surface area (Å²) in [4.78, 5) is 11.9. The first-order valence-electron chi connectivity index (χ1n) is 12.1. The second kappa shape index (κ2) is 7.77. The summed E-state index contributed by atoms with van der Waals surface area (Å²) in [5.74, 6) is 9.06. The van der Waals surface area contributed by atoms with E-state index in [-0.39, 0.29) is 5.41 Å². The standard InChI is InChI=1S/C28H38O3/c1-18(14-19(2)26(3,4)30)10-13-28(31)16-25-24-8-6-20-15-21(29)7-9-22(20)23(24)11-12-27(25,5)17-28/h15,22-25,30-31H,6-9,11-12,16-17H2,1-5H3/t14?,22-,23+,24-,25-,27+,28-/m0/s1. The molecule has 3 heteroatoms. The molecule has 0 heterocycles. The van der Waals surface area contributed by atoms with Crippen LogP contribution in [-0.2, 0) is 4.79 Å². The average molecular weight is 423 g/mol. The second-order valence-corrected chi connectivity index (χ2v) is 11.6. The number of hydrogen-bond acceptors (Lipinski definition) is 3. The minimum atomic E-state index is -0.946. The highest BCUT2D eigenvalue weighted by Gasteiger charge is 2.58. The van der Waals surface area contributed by atoms with Gasteiger partial charge in [0.15, 0.2) is 5.78 Å². The van der Waals surface area contributed by atoms with Crippen LogP contribution in [0.2, 0.25) is 0 Å². The number of carbonyl (C=O) groups excluding carboxylic acids is 1. The van der Waals surface area contributed by atoms with Crippen LogP contribution in [0.15, 0.2) is 28.5 Å². The highest BCUT2D eigenvalue weighted by molar-refractivity contribution is 5.91. The molecule has 0 spiro atoms. The molecule has 0 amide bonds. The van der Waals surface area contributed by atoms with Gasteiger partial charge in [-0.2, -0.15) is 0 Å². The number of carbonyl (C=O) groups is 1. The number of hydrogen-bond donors (Lipinski definition) is 2. The summed E-state index contributed by atoms with van der Waals surface area (Å²) in [6.07, 6.45) is 9.74. The summed E-state index contributed by atoms with van der Waals surface area (Å²) in [5.41, 5.74) is 4.37. The molecule has 0 aromatic rings. The predicted octanol–water partition coefficient (Wildman–Crippen LogP) is 5.13. The number of allylic oxidation sites excluding steroid dienone is 1. The van der Waals surface area contributed by atoms with Crippen molar-refractivity contribution in [3.63, 3.8) is 0 Å². The molecule has 3 fully saturated rings. The zero-order valence-corrected chi connectivity index (χ0v) is 19.8. The Balaban J connectivity index is 1.56. The van der Waals surface area contributed by atoms with Crippen molar-refractivity contribution in [1.29, 1.82) is 0 Å². The van der Waals surface area contributed by atoms with Crippen LogP contribution in [0.5, 0.6) is 0 Å². The highest BCUT2D eigenvalue weighted by Crippen LogP contribution is 2.63. The van der Waals surface area contributed by atoms with Crippen LogP contribution in [0, 0.1) is 40.9 Å². The molecule has 3 nitrogen and oxygen atoms in total. The lowest BCUT2D eigenvalue weighted by atomic mass is 9.52. The van der Waals surface area contributed by atoms with E-state index in [0.29, 0.717) is 35.9 Å². The van der Waals surface area contributed by atoms with Gasteiger partial charge in [0.05, 0.1) is 5.60 Å². The summed E-state index contributed by atoms with van der Waals surface area (Å²) in [6, 6.07) is 0.